The normalized spacial score (nSPS) is 11.2. The van der Waals surface area contributed by atoms with Gasteiger partial charge in [0.15, 0.2) is 0 Å². The molecule has 4 aromatic rings. The highest BCUT2D eigenvalue weighted by Crippen LogP contribution is 2.34. The summed E-state index contributed by atoms with van der Waals surface area (Å²) < 4.78 is 12.6. The number of aromatic nitrogens is 3. The Labute approximate surface area is 173 Å². The lowest BCUT2D eigenvalue weighted by atomic mass is 10.1. The van der Waals surface area contributed by atoms with Crippen molar-refractivity contribution in [3.63, 3.8) is 0 Å². The highest BCUT2D eigenvalue weighted by molar-refractivity contribution is 6.31. The van der Waals surface area contributed by atoms with Crippen molar-refractivity contribution in [2.75, 3.05) is 13.7 Å². The monoisotopic (exact) mass is 409 g/mol. The van der Waals surface area contributed by atoms with Crippen LogP contribution in [-0.2, 0) is 16.0 Å². The Morgan fingerprint density at radius 3 is 2.72 bits per heavy atom. The summed E-state index contributed by atoms with van der Waals surface area (Å²) in [5.41, 5.74) is 3.48. The van der Waals surface area contributed by atoms with Gasteiger partial charge in [0.25, 0.3) is 0 Å². The summed E-state index contributed by atoms with van der Waals surface area (Å²) in [6, 6.07) is 11.3. The van der Waals surface area contributed by atoms with E-state index >= 15 is 0 Å². The lowest BCUT2D eigenvalue weighted by Gasteiger charge is -2.11. The van der Waals surface area contributed by atoms with Crippen LogP contribution in [0.15, 0.2) is 42.7 Å². The van der Waals surface area contributed by atoms with Gasteiger partial charge >= 0.3 is 5.97 Å². The van der Waals surface area contributed by atoms with E-state index in [9.17, 15) is 4.79 Å². The zero-order chi connectivity index (χ0) is 20.5. The lowest BCUT2D eigenvalue weighted by molar-refractivity contribution is -0.142. The first-order valence-corrected chi connectivity index (χ1v) is 9.65. The van der Waals surface area contributed by atoms with Gasteiger partial charge < -0.3 is 9.47 Å². The van der Waals surface area contributed by atoms with E-state index in [0.717, 1.165) is 44.6 Å². The summed E-state index contributed by atoms with van der Waals surface area (Å²) in [7, 11) is 1.62. The smallest absolute Gasteiger partial charge is 0.310 e. The van der Waals surface area contributed by atoms with Crippen LogP contribution in [0.5, 0.6) is 5.75 Å². The Balaban J connectivity index is 2.00. The van der Waals surface area contributed by atoms with E-state index < -0.39 is 0 Å². The number of fused-ring (bicyclic) bond motifs is 2. The Hall–Kier alpha value is -3.12. The van der Waals surface area contributed by atoms with Gasteiger partial charge in [0, 0.05) is 21.5 Å². The molecule has 0 unspecified atom stereocenters. The minimum atomic E-state index is -0.267. The molecule has 0 aliphatic carbocycles. The van der Waals surface area contributed by atoms with E-state index in [-0.39, 0.29) is 12.4 Å². The number of methoxy groups -OCH3 is 1. The molecule has 0 radical (unpaired) electrons. The van der Waals surface area contributed by atoms with Gasteiger partial charge in [-0.15, -0.1) is 0 Å². The number of ether oxygens (including phenoxy) is 2. The molecule has 0 N–H and O–H groups in total. The van der Waals surface area contributed by atoms with Crippen LogP contribution >= 0.6 is 11.6 Å². The van der Waals surface area contributed by atoms with Gasteiger partial charge in [0.1, 0.15) is 17.9 Å². The van der Waals surface area contributed by atoms with E-state index in [2.05, 4.69) is 9.97 Å². The van der Waals surface area contributed by atoms with E-state index in [1.807, 2.05) is 47.9 Å². The van der Waals surface area contributed by atoms with Crippen LogP contribution in [0, 0.1) is 6.92 Å². The van der Waals surface area contributed by atoms with E-state index in [0.29, 0.717) is 11.6 Å². The van der Waals surface area contributed by atoms with Gasteiger partial charge in [-0.05, 0) is 55.8 Å². The molecule has 0 saturated heterocycles. The zero-order valence-corrected chi connectivity index (χ0v) is 17.2. The topological polar surface area (TPSA) is 66.2 Å². The number of carbonyl (C=O) groups excluding carboxylic acids is 1. The lowest BCUT2D eigenvalue weighted by Crippen LogP contribution is -2.09. The third-order valence-electron chi connectivity index (χ3n) is 4.96. The third kappa shape index (κ3) is 3.40. The molecule has 0 atom stereocenters. The highest BCUT2D eigenvalue weighted by atomic mass is 35.5. The van der Waals surface area contributed by atoms with Crippen LogP contribution in [-0.4, -0.2) is 34.2 Å². The second-order valence-corrected chi connectivity index (χ2v) is 7.06. The Morgan fingerprint density at radius 1 is 1.14 bits per heavy atom. The van der Waals surface area contributed by atoms with Gasteiger partial charge in [0.05, 0.1) is 31.2 Å². The number of hydrogen-bond acceptors (Lipinski definition) is 5. The summed E-state index contributed by atoms with van der Waals surface area (Å²) in [6.45, 7) is 4.12. The molecule has 0 amide bonds. The van der Waals surface area contributed by atoms with Gasteiger partial charge in [0.2, 0.25) is 0 Å². The Morgan fingerprint density at radius 2 is 1.97 bits per heavy atom. The molecule has 0 bridgehead atoms. The van der Waals surface area contributed by atoms with Gasteiger partial charge in [-0.2, -0.15) is 0 Å². The van der Waals surface area contributed by atoms with Crippen molar-refractivity contribution in [1.82, 2.24) is 14.5 Å². The Bertz CT molecular complexity index is 1230. The number of nitrogens with zero attached hydrogens (tertiary/aromatic N) is 3. The molecule has 29 heavy (non-hydrogen) atoms. The van der Waals surface area contributed by atoms with Gasteiger partial charge in [-0.3, -0.25) is 9.36 Å². The molecular formula is C22H20ClN3O3. The fourth-order valence-corrected chi connectivity index (χ4v) is 3.80. The number of halogens is 1. The van der Waals surface area contributed by atoms with Gasteiger partial charge in [-0.1, -0.05) is 11.6 Å². The van der Waals surface area contributed by atoms with Crippen molar-refractivity contribution in [3.05, 3.63) is 59.0 Å². The van der Waals surface area contributed by atoms with Crippen molar-refractivity contribution in [1.29, 1.82) is 0 Å². The number of carbonyl (C=O) groups is 1. The minimum Gasteiger partial charge on any atom is -0.497 e. The Kier molecular flexibility index (Phi) is 5.11. The van der Waals surface area contributed by atoms with Crippen molar-refractivity contribution in [2.45, 2.75) is 20.3 Å². The molecule has 2 aromatic heterocycles. The maximum atomic E-state index is 12.3. The summed E-state index contributed by atoms with van der Waals surface area (Å²) in [5.74, 6) is 1.19. The predicted molar refractivity (Wildman–Crippen MR) is 113 cm³/mol. The first-order valence-electron chi connectivity index (χ1n) is 9.27. The van der Waals surface area contributed by atoms with E-state index in [4.69, 9.17) is 21.1 Å². The number of hydrogen-bond donors (Lipinski definition) is 0. The molecule has 2 aromatic carbocycles. The minimum absolute atomic E-state index is 0.172. The number of rotatable bonds is 5. The van der Waals surface area contributed by atoms with Crippen LogP contribution < -0.4 is 4.74 Å². The average molecular weight is 410 g/mol. The molecule has 6 nitrogen and oxygen atoms in total. The maximum absolute atomic E-state index is 12.3. The summed E-state index contributed by atoms with van der Waals surface area (Å²) in [4.78, 5) is 21.1. The van der Waals surface area contributed by atoms with Crippen LogP contribution in [0.2, 0.25) is 5.02 Å². The summed E-state index contributed by atoms with van der Waals surface area (Å²) >= 11 is 6.14. The van der Waals surface area contributed by atoms with Crippen molar-refractivity contribution >= 4 is 39.4 Å². The zero-order valence-electron chi connectivity index (χ0n) is 16.4. The quantitative estimate of drug-likeness (QED) is 0.449. The molecular weight excluding hydrogens is 390 g/mol. The molecule has 2 heterocycles. The van der Waals surface area contributed by atoms with Gasteiger partial charge in [-0.25, -0.2) is 9.97 Å². The highest BCUT2D eigenvalue weighted by Gasteiger charge is 2.21. The first kappa shape index (κ1) is 19.2. The second-order valence-electron chi connectivity index (χ2n) is 6.62. The van der Waals surface area contributed by atoms with Crippen LogP contribution in [0.1, 0.15) is 18.2 Å². The molecule has 148 valence electrons. The molecule has 0 spiro atoms. The summed E-state index contributed by atoms with van der Waals surface area (Å²) in [5, 5.41) is 2.41. The average Bonchev–Trinajstić information content (AvgIpc) is 2.98. The van der Waals surface area contributed by atoms with E-state index in [1.54, 1.807) is 14.0 Å². The molecule has 0 aliphatic rings. The largest absolute Gasteiger partial charge is 0.497 e. The van der Waals surface area contributed by atoms with Crippen LogP contribution in [0.3, 0.4) is 0 Å². The molecule has 0 aliphatic heterocycles. The number of benzene rings is 2. The number of esters is 1. The molecule has 0 fully saturated rings. The second kappa shape index (κ2) is 7.72. The van der Waals surface area contributed by atoms with Crippen LogP contribution in [0.4, 0.5) is 0 Å². The summed E-state index contributed by atoms with van der Waals surface area (Å²) in [6.07, 6.45) is 1.69. The maximum Gasteiger partial charge on any atom is 0.310 e. The standard InChI is InChI=1S/C22H20ClN3O3/c1-4-29-21(27)11-17-13(2)26(20-8-6-15(28-3)10-18(17)20)22-16-7-5-14(23)9-19(16)24-12-25-22/h5-10,12H,4,11H2,1-3H3. The first-order chi connectivity index (χ1) is 14.0. The van der Waals surface area contributed by atoms with Crippen LogP contribution in [0.25, 0.3) is 27.6 Å². The SMILES string of the molecule is CCOC(=O)Cc1c(C)n(-c2ncnc3cc(Cl)ccc23)c2ccc(OC)cc12. The molecule has 4 rings (SSSR count). The third-order valence-corrected chi connectivity index (χ3v) is 5.19. The van der Waals surface area contributed by atoms with Crippen molar-refractivity contribution in [3.8, 4) is 11.6 Å². The predicted octanol–water partition coefficient (Wildman–Crippen LogP) is 4.65. The van der Waals surface area contributed by atoms with E-state index in [1.165, 1.54) is 6.33 Å². The fraction of sp³-hybridized carbons (Fsp3) is 0.227. The fourth-order valence-electron chi connectivity index (χ4n) is 3.64. The van der Waals surface area contributed by atoms with Crippen molar-refractivity contribution < 1.29 is 14.3 Å². The van der Waals surface area contributed by atoms with Crippen molar-refractivity contribution in [2.24, 2.45) is 0 Å². The molecule has 0 saturated carbocycles. The molecule has 7 heteroatoms.